The summed E-state index contributed by atoms with van der Waals surface area (Å²) in [6.07, 6.45) is 0. The minimum Gasteiger partial charge on any atom is -0.401 e. The molecule has 2 N–H and O–H groups in total. The first-order valence-electron chi connectivity index (χ1n) is 6.25. The molecule has 2 rings (SSSR count). The van der Waals surface area contributed by atoms with E-state index < -0.39 is 24.1 Å². The van der Waals surface area contributed by atoms with Crippen molar-refractivity contribution in [1.82, 2.24) is 4.90 Å². The van der Waals surface area contributed by atoms with Gasteiger partial charge in [0.25, 0.3) is 11.8 Å². The first-order chi connectivity index (χ1) is 11.1. The predicted octanol–water partition coefficient (Wildman–Crippen LogP) is 3.22. The summed E-state index contributed by atoms with van der Waals surface area (Å²) < 4.78 is 0. The predicted molar refractivity (Wildman–Crippen MR) is 89.4 cm³/mol. The number of ketones is 1. The van der Waals surface area contributed by atoms with Gasteiger partial charge >= 0.3 is 0 Å². The van der Waals surface area contributed by atoms with Gasteiger partial charge in [-0.05, 0) is 6.92 Å². The molecular formula is C14H7Cl4N3O3. The van der Waals surface area contributed by atoms with Crippen molar-refractivity contribution in [2.45, 2.75) is 6.92 Å². The highest BCUT2D eigenvalue weighted by Gasteiger charge is 2.42. The molecule has 2 amide bonds. The van der Waals surface area contributed by atoms with E-state index in [1.807, 2.05) is 0 Å². The number of nitrogens with two attached hydrogens (primary N) is 1. The fourth-order valence-corrected chi connectivity index (χ4v) is 3.15. The van der Waals surface area contributed by atoms with E-state index in [2.05, 4.69) is 0 Å². The van der Waals surface area contributed by atoms with E-state index in [1.54, 1.807) is 6.07 Å². The number of carbonyl (C=O) groups excluding carboxylic acids is 3. The van der Waals surface area contributed by atoms with E-state index in [1.165, 1.54) is 6.92 Å². The molecule has 0 spiro atoms. The van der Waals surface area contributed by atoms with E-state index in [4.69, 9.17) is 57.4 Å². The quantitative estimate of drug-likeness (QED) is 0.273. The number of nitriles is 1. The summed E-state index contributed by atoms with van der Waals surface area (Å²) in [5.41, 5.74) is 4.59. The van der Waals surface area contributed by atoms with Crippen LogP contribution in [0.25, 0.3) is 0 Å². The number of allylic oxidation sites excluding steroid dienone is 1. The van der Waals surface area contributed by atoms with Crippen LogP contribution in [0.1, 0.15) is 27.6 Å². The number of Topliss-reactive ketones (excluding diaryl/α,β-unsaturated/α-hetero) is 1. The van der Waals surface area contributed by atoms with Crippen molar-refractivity contribution in [3.63, 3.8) is 0 Å². The van der Waals surface area contributed by atoms with E-state index in [0.717, 1.165) is 0 Å². The maximum atomic E-state index is 12.4. The van der Waals surface area contributed by atoms with Crippen molar-refractivity contribution in [2.75, 3.05) is 6.54 Å². The lowest BCUT2D eigenvalue weighted by molar-refractivity contribution is -0.115. The molecule has 0 atom stereocenters. The van der Waals surface area contributed by atoms with Crippen LogP contribution < -0.4 is 5.73 Å². The maximum absolute atomic E-state index is 12.4. The van der Waals surface area contributed by atoms with Gasteiger partial charge in [-0.1, -0.05) is 46.4 Å². The molecule has 0 saturated heterocycles. The van der Waals surface area contributed by atoms with Crippen LogP contribution in [0.4, 0.5) is 0 Å². The second-order valence-corrected chi connectivity index (χ2v) is 6.31. The van der Waals surface area contributed by atoms with Gasteiger partial charge in [-0.3, -0.25) is 19.3 Å². The molecule has 1 aromatic rings. The average molecular weight is 407 g/mol. The van der Waals surface area contributed by atoms with Crippen molar-refractivity contribution < 1.29 is 14.4 Å². The molecule has 0 bridgehead atoms. The monoisotopic (exact) mass is 405 g/mol. The number of hydrogen-bond acceptors (Lipinski definition) is 5. The summed E-state index contributed by atoms with van der Waals surface area (Å²) in [5, 5.41) is 8.11. The van der Waals surface area contributed by atoms with Gasteiger partial charge in [-0.15, -0.1) is 0 Å². The Bertz CT molecular complexity index is 835. The van der Waals surface area contributed by atoms with Gasteiger partial charge in [0.1, 0.15) is 11.6 Å². The van der Waals surface area contributed by atoms with E-state index in [9.17, 15) is 14.4 Å². The number of hydrogen-bond donors (Lipinski definition) is 1. The van der Waals surface area contributed by atoms with Crippen LogP contribution in [0, 0.1) is 11.3 Å². The van der Waals surface area contributed by atoms with E-state index in [0.29, 0.717) is 4.90 Å². The zero-order chi connectivity index (χ0) is 18.3. The van der Waals surface area contributed by atoms with Gasteiger partial charge in [0, 0.05) is 5.70 Å². The molecule has 0 fully saturated rings. The summed E-state index contributed by atoms with van der Waals surface area (Å²) in [4.78, 5) is 37.6. The Kier molecular flexibility index (Phi) is 5.11. The zero-order valence-corrected chi connectivity index (χ0v) is 14.9. The third kappa shape index (κ3) is 2.74. The summed E-state index contributed by atoms with van der Waals surface area (Å²) in [7, 11) is 0. The Hall–Kier alpha value is -1.78. The van der Waals surface area contributed by atoms with Crippen molar-refractivity contribution in [3.05, 3.63) is 42.5 Å². The Morgan fingerprint density at radius 2 is 1.46 bits per heavy atom. The Labute approximate surface area is 156 Å². The first kappa shape index (κ1) is 18.6. The van der Waals surface area contributed by atoms with Crippen molar-refractivity contribution in [1.29, 1.82) is 5.26 Å². The molecule has 0 radical (unpaired) electrons. The van der Waals surface area contributed by atoms with Gasteiger partial charge < -0.3 is 5.73 Å². The summed E-state index contributed by atoms with van der Waals surface area (Å²) in [6.45, 7) is 0.664. The summed E-state index contributed by atoms with van der Waals surface area (Å²) in [6, 6.07) is 1.63. The molecule has 0 aromatic heterocycles. The van der Waals surface area contributed by atoms with Crippen molar-refractivity contribution in [3.8, 4) is 6.07 Å². The molecule has 0 aliphatic carbocycles. The lowest BCUT2D eigenvalue weighted by atomic mass is 10.1. The van der Waals surface area contributed by atoms with Gasteiger partial charge in [-0.2, -0.15) is 5.26 Å². The molecule has 10 heteroatoms. The van der Waals surface area contributed by atoms with Gasteiger partial charge in [-0.25, -0.2) is 0 Å². The molecule has 0 unspecified atom stereocenters. The molecule has 0 saturated carbocycles. The maximum Gasteiger partial charge on any atom is 0.263 e. The minimum absolute atomic E-state index is 0.0266. The summed E-state index contributed by atoms with van der Waals surface area (Å²) in [5.74, 6) is -2.52. The van der Waals surface area contributed by atoms with Gasteiger partial charge in [0.05, 0.1) is 37.8 Å². The van der Waals surface area contributed by atoms with Crippen LogP contribution in [-0.2, 0) is 4.79 Å². The van der Waals surface area contributed by atoms with Crippen molar-refractivity contribution >= 4 is 64.0 Å². The third-order valence-corrected chi connectivity index (χ3v) is 5.07. The van der Waals surface area contributed by atoms with Crippen LogP contribution in [0.3, 0.4) is 0 Å². The lowest BCUT2D eigenvalue weighted by Gasteiger charge is -2.12. The van der Waals surface area contributed by atoms with E-state index in [-0.39, 0.29) is 42.5 Å². The number of benzene rings is 1. The highest BCUT2D eigenvalue weighted by atomic mass is 35.5. The number of nitrogens with zero attached hydrogens (tertiary/aromatic N) is 2. The second kappa shape index (κ2) is 6.61. The summed E-state index contributed by atoms with van der Waals surface area (Å²) >= 11 is 23.7. The SMILES string of the molecule is C/C(N)=C(/C#N)C(=O)CN1C(=O)c2c(Cl)c(Cl)c(Cl)c(Cl)c2C1=O. The standard InChI is InChI=1S/C14H7Cl4N3O3/c1-4(20)5(2-19)6(22)3-21-13(23)7-8(14(21)24)10(16)12(18)11(17)9(7)15/h3,20H2,1H3/b5-4+. The first-order valence-corrected chi connectivity index (χ1v) is 7.76. The molecule has 1 aromatic carbocycles. The van der Waals surface area contributed by atoms with Crippen LogP contribution in [-0.4, -0.2) is 29.0 Å². The van der Waals surface area contributed by atoms with E-state index >= 15 is 0 Å². The smallest absolute Gasteiger partial charge is 0.263 e. The van der Waals surface area contributed by atoms with Crippen LogP contribution in [0.15, 0.2) is 11.3 Å². The Morgan fingerprint density at radius 1 is 1.04 bits per heavy atom. The number of carbonyl (C=O) groups is 3. The van der Waals surface area contributed by atoms with Crippen LogP contribution >= 0.6 is 46.4 Å². The molecule has 1 aliphatic heterocycles. The largest absolute Gasteiger partial charge is 0.401 e. The van der Waals surface area contributed by atoms with Crippen LogP contribution in [0.2, 0.25) is 20.1 Å². The van der Waals surface area contributed by atoms with Crippen LogP contribution in [0.5, 0.6) is 0 Å². The fraction of sp³-hybridized carbons (Fsp3) is 0.143. The molecule has 124 valence electrons. The fourth-order valence-electron chi connectivity index (χ4n) is 2.13. The zero-order valence-electron chi connectivity index (χ0n) is 11.9. The Morgan fingerprint density at radius 3 is 1.79 bits per heavy atom. The molecule has 6 nitrogen and oxygen atoms in total. The molecule has 24 heavy (non-hydrogen) atoms. The number of halogens is 4. The highest BCUT2D eigenvalue weighted by molar-refractivity contribution is 6.55. The minimum atomic E-state index is -0.860. The molecule has 1 heterocycles. The van der Waals surface area contributed by atoms with Gasteiger partial charge in [0.15, 0.2) is 5.78 Å². The highest BCUT2D eigenvalue weighted by Crippen LogP contribution is 2.44. The Balaban J connectivity index is 2.51. The third-order valence-electron chi connectivity index (χ3n) is 3.27. The number of rotatable bonds is 3. The second-order valence-electron chi connectivity index (χ2n) is 4.80. The van der Waals surface area contributed by atoms with Crippen molar-refractivity contribution in [2.24, 2.45) is 5.73 Å². The number of imide groups is 1. The molecule has 1 aliphatic rings. The topological polar surface area (TPSA) is 104 Å². The molecular weight excluding hydrogens is 400 g/mol. The number of fused-ring (bicyclic) bond motifs is 1. The number of amides is 2. The van der Waals surface area contributed by atoms with Gasteiger partial charge in [0.2, 0.25) is 0 Å². The lowest BCUT2D eigenvalue weighted by Crippen LogP contribution is -2.35. The normalized spacial score (nSPS) is 14.4. The average Bonchev–Trinajstić information content (AvgIpc) is 2.76.